The van der Waals surface area contributed by atoms with Crippen molar-refractivity contribution in [2.24, 2.45) is 0 Å². The Balaban J connectivity index is 2.33. The van der Waals surface area contributed by atoms with Gasteiger partial charge in [-0.05, 0) is 43.9 Å². The summed E-state index contributed by atoms with van der Waals surface area (Å²) in [5.74, 6) is 0. The first-order valence-corrected chi connectivity index (χ1v) is 5.95. The standard InChI is InChI=1S/C13H19ClO2/c1-10(16-2)3-8-13(15)9-11-4-6-12(14)7-5-11/h4-7,10,13,15H,3,8-9H2,1-2H3. The number of aliphatic hydroxyl groups is 1. The predicted molar refractivity (Wildman–Crippen MR) is 66.9 cm³/mol. The molecule has 0 aliphatic rings. The van der Waals surface area contributed by atoms with Crippen molar-refractivity contribution >= 4 is 11.6 Å². The molecule has 0 aliphatic heterocycles. The van der Waals surface area contributed by atoms with Gasteiger partial charge in [0.25, 0.3) is 0 Å². The molecule has 0 saturated carbocycles. The molecule has 0 saturated heterocycles. The van der Waals surface area contributed by atoms with Crippen LogP contribution in [0.15, 0.2) is 24.3 Å². The van der Waals surface area contributed by atoms with Crippen molar-refractivity contribution in [1.29, 1.82) is 0 Å². The van der Waals surface area contributed by atoms with Crippen molar-refractivity contribution in [2.45, 2.75) is 38.4 Å². The van der Waals surface area contributed by atoms with Crippen LogP contribution in [0.25, 0.3) is 0 Å². The van der Waals surface area contributed by atoms with Crippen LogP contribution in [0.2, 0.25) is 5.02 Å². The average molecular weight is 243 g/mol. The van der Waals surface area contributed by atoms with Crippen molar-refractivity contribution in [1.82, 2.24) is 0 Å². The monoisotopic (exact) mass is 242 g/mol. The van der Waals surface area contributed by atoms with Crippen molar-refractivity contribution in [3.63, 3.8) is 0 Å². The summed E-state index contributed by atoms with van der Waals surface area (Å²) in [6.45, 7) is 2.01. The molecule has 0 fully saturated rings. The summed E-state index contributed by atoms with van der Waals surface area (Å²) < 4.78 is 5.14. The minimum atomic E-state index is -0.307. The van der Waals surface area contributed by atoms with Gasteiger partial charge in [-0.1, -0.05) is 23.7 Å². The van der Waals surface area contributed by atoms with Crippen LogP contribution < -0.4 is 0 Å². The largest absolute Gasteiger partial charge is 0.393 e. The number of ether oxygens (including phenoxy) is 1. The molecule has 0 radical (unpaired) electrons. The summed E-state index contributed by atoms with van der Waals surface area (Å²) in [5.41, 5.74) is 1.11. The molecule has 3 heteroatoms. The Morgan fingerprint density at radius 2 is 1.88 bits per heavy atom. The quantitative estimate of drug-likeness (QED) is 0.831. The summed E-state index contributed by atoms with van der Waals surface area (Å²) in [4.78, 5) is 0. The van der Waals surface area contributed by atoms with Crippen LogP contribution >= 0.6 is 11.6 Å². The third kappa shape index (κ3) is 4.97. The zero-order chi connectivity index (χ0) is 12.0. The fourth-order valence-electron chi connectivity index (χ4n) is 1.54. The zero-order valence-corrected chi connectivity index (χ0v) is 10.6. The maximum atomic E-state index is 9.83. The van der Waals surface area contributed by atoms with E-state index in [2.05, 4.69) is 0 Å². The van der Waals surface area contributed by atoms with Crippen LogP contribution in [0, 0.1) is 0 Å². The van der Waals surface area contributed by atoms with Gasteiger partial charge in [-0.3, -0.25) is 0 Å². The molecular formula is C13H19ClO2. The molecule has 1 rings (SSSR count). The van der Waals surface area contributed by atoms with E-state index in [-0.39, 0.29) is 12.2 Å². The second-order valence-corrected chi connectivity index (χ2v) is 4.54. The maximum absolute atomic E-state index is 9.83. The van der Waals surface area contributed by atoms with Crippen molar-refractivity contribution in [3.05, 3.63) is 34.9 Å². The van der Waals surface area contributed by atoms with Gasteiger partial charge in [0.15, 0.2) is 0 Å². The van der Waals surface area contributed by atoms with Crippen LogP contribution in [-0.4, -0.2) is 24.4 Å². The zero-order valence-electron chi connectivity index (χ0n) is 9.82. The van der Waals surface area contributed by atoms with Crippen molar-refractivity contribution < 1.29 is 9.84 Å². The van der Waals surface area contributed by atoms with Crippen LogP contribution in [-0.2, 0) is 11.2 Å². The first kappa shape index (κ1) is 13.5. The number of halogens is 1. The van der Waals surface area contributed by atoms with Gasteiger partial charge in [0.2, 0.25) is 0 Å². The number of hydrogen-bond acceptors (Lipinski definition) is 2. The summed E-state index contributed by atoms with van der Waals surface area (Å²) >= 11 is 5.79. The molecule has 0 spiro atoms. The van der Waals surface area contributed by atoms with E-state index in [9.17, 15) is 5.11 Å². The predicted octanol–water partition coefficient (Wildman–Crippen LogP) is 3.06. The second kappa shape index (κ2) is 6.89. The molecule has 1 aromatic carbocycles. The van der Waals surface area contributed by atoms with Crippen LogP contribution in [0.5, 0.6) is 0 Å². The SMILES string of the molecule is COC(C)CCC(O)Cc1ccc(Cl)cc1. The number of benzene rings is 1. The molecule has 1 N–H and O–H groups in total. The van der Waals surface area contributed by atoms with E-state index < -0.39 is 0 Å². The first-order chi connectivity index (χ1) is 7.61. The van der Waals surface area contributed by atoms with E-state index in [4.69, 9.17) is 16.3 Å². The molecule has 2 atom stereocenters. The smallest absolute Gasteiger partial charge is 0.0581 e. The van der Waals surface area contributed by atoms with Crippen LogP contribution in [0.3, 0.4) is 0 Å². The Morgan fingerprint density at radius 1 is 1.25 bits per heavy atom. The summed E-state index contributed by atoms with van der Waals surface area (Å²) in [6.07, 6.45) is 2.22. The molecule has 0 aliphatic carbocycles. The summed E-state index contributed by atoms with van der Waals surface area (Å²) in [7, 11) is 1.69. The average Bonchev–Trinajstić information content (AvgIpc) is 2.29. The Labute approximate surface area is 102 Å². The maximum Gasteiger partial charge on any atom is 0.0581 e. The van der Waals surface area contributed by atoms with Gasteiger partial charge in [-0.25, -0.2) is 0 Å². The lowest BCUT2D eigenvalue weighted by molar-refractivity contribution is 0.0851. The van der Waals surface area contributed by atoms with Gasteiger partial charge in [0, 0.05) is 12.1 Å². The Hall–Kier alpha value is -0.570. The molecule has 90 valence electrons. The van der Waals surface area contributed by atoms with Crippen molar-refractivity contribution in [2.75, 3.05) is 7.11 Å². The lowest BCUT2D eigenvalue weighted by Crippen LogP contribution is -2.14. The van der Waals surface area contributed by atoms with E-state index in [1.165, 1.54) is 0 Å². The topological polar surface area (TPSA) is 29.5 Å². The molecule has 2 nitrogen and oxygen atoms in total. The fraction of sp³-hybridized carbons (Fsp3) is 0.538. The first-order valence-electron chi connectivity index (χ1n) is 5.57. The minimum Gasteiger partial charge on any atom is -0.393 e. The van der Waals surface area contributed by atoms with Crippen LogP contribution in [0.1, 0.15) is 25.3 Å². The second-order valence-electron chi connectivity index (χ2n) is 4.11. The number of aliphatic hydroxyl groups excluding tert-OH is 1. The molecule has 2 unspecified atom stereocenters. The molecule has 0 heterocycles. The van der Waals surface area contributed by atoms with E-state index >= 15 is 0 Å². The lowest BCUT2D eigenvalue weighted by Gasteiger charge is -2.13. The molecule has 0 bridgehead atoms. The molecular weight excluding hydrogens is 224 g/mol. The van der Waals surface area contributed by atoms with Gasteiger partial charge in [-0.2, -0.15) is 0 Å². The van der Waals surface area contributed by atoms with Crippen molar-refractivity contribution in [3.8, 4) is 0 Å². The molecule has 16 heavy (non-hydrogen) atoms. The minimum absolute atomic E-state index is 0.208. The van der Waals surface area contributed by atoms with E-state index in [1.807, 2.05) is 31.2 Å². The normalized spacial score (nSPS) is 14.8. The summed E-state index contributed by atoms with van der Waals surface area (Å²) in [5, 5.41) is 10.6. The van der Waals surface area contributed by atoms with Gasteiger partial charge in [0.05, 0.1) is 12.2 Å². The van der Waals surface area contributed by atoms with E-state index in [0.29, 0.717) is 6.42 Å². The third-order valence-electron chi connectivity index (χ3n) is 2.69. The van der Waals surface area contributed by atoms with Crippen LogP contribution in [0.4, 0.5) is 0 Å². The molecule has 0 amide bonds. The molecule has 1 aromatic rings. The molecule has 0 aromatic heterocycles. The third-order valence-corrected chi connectivity index (χ3v) is 2.95. The van der Waals surface area contributed by atoms with E-state index in [1.54, 1.807) is 7.11 Å². The van der Waals surface area contributed by atoms with Gasteiger partial charge >= 0.3 is 0 Å². The highest BCUT2D eigenvalue weighted by atomic mass is 35.5. The number of hydrogen-bond donors (Lipinski definition) is 1. The fourth-order valence-corrected chi connectivity index (χ4v) is 1.67. The highest BCUT2D eigenvalue weighted by molar-refractivity contribution is 6.30. The van der Waals surface area contributed by atoms with Gasteiger partial charge in [0.1, 0.15) is 0 Å². The highest BCUT2D eigenvalue weighted by Crippen LogP contribution is 2.13. The summed E-state index contributed by atoms with van der Waals surface area (Å²) in [6, 6.07) is 7.60. The highest BCUT2D eigenvalue weighted by Gasteiger charge is 2.08. The lowest BCUT2D eigenvalue weighted by atomic mass is 10.0. The number of methoxy groups -OCH3 is 1. The van der Waals surface area contributed by atoms with Gasteiger partial charge in [-0.15, -0.1) is 0 Å². The Bertz CT molecular complexity index is 297. The number of rotatable bonds is 6. The Morgan fingerprint density at radius 3 is 2.44 bits per heavy atom. The van der Waals surface area contributed by atoms with Gasteiger partial charge < -0.3 is 9.84 Å². The Kier molecular flexibility index (Phi) is 5.81. The van der Waals surface area contributed by atoms with E-state index in [0.717, 1.165) is 23.4 Å².